The molecule has 0 radical (unpaired) electrons. The van der Waals surface area contributed by atoms with Crippen molar-refractivity contribution >= 4 is 22.1 Å². The lowest BCUT2D eigenvalue weighted by atomic mass is 10.1. The van der Waals surface area contributed by atoms with Gasteiger partial charge in [-0.25, -0.2) is 0 Å². The van der Waals surface area contributed by atoms with E-state index in [0.717, 1.165) is 18.8 Å². The molecule has 26 heavy (non-hydrogen) atoms. The summed E-state index contributed by atoms with van der Waals surface area (Å²) in [5.74, 6) is 0.910. The van der Waals surface area contributed by atoms with E-state index in [9.17, 15) is 0 Å². The van der Waals surface area contributed by atoms with Gasteiger partial charge in [0.05, 0.1) is 13.2 Å². The quantitative estimate of drug-likeness (QED) is 0.648. The van der Waals surface area contributed by atoms with Crippen LogP contribution in [0.5, 0.6) is 5.75 Å². The van der Waals surface area contributed by atoms with Gasteiger partial charge in [0.25, 0.3) is 0 Å². The molecule has 0 bridgehead atoms. The van der Waals surface area contributed by atoms with Crippen LogP contribution in [-0.2, 0) is 6.54 Å². The number of thiophene rings is 1. The van der Waals surface area contributed by atoms with Crippen molar-refractivity contribution in [2.75, 3.05) is 26.7 Å². The molecular formula is C22H26N2OS. The van der Waals surface area contributed by atoms with Crippen molar-refractivity contribution in [1.29, 1.82) is 0 Å². The normalized spacial score (nSPS) is 16.2. The third-order valence-corrected chi connectivity index (χ3v) is 6.21. The van der Waals surface area contributed by atoms with Gasteiger partial charge in [-0.1, -0.05) is 24.3 Å². The first kappa shape index (κ1) is 17.5. The monoisotopic (exact) mass is 366 g/mol. The minimum absolute atomic E-state index is 0.502. The summed E-state index contributed by atoms with van der Waals surface area (Å²) in [6, 6.07) is 17.9. The smallest absolute Gasteiger partial charge is 0.119 e. The first-order valence-electron chi connectivity index (χ1n) is 9.38. The SMILES string of the molecule is COc1ccc2cc(CNCC(c3cccs3)N3CCCC3)ccc2c1. The van der Waals surface area contributed by atoms with Crippen LogP contribution in [0.4, 0.5) is 0 Å². The van der Waals surface area contributed by atoms with E-state index >= 15 is 0 Å². The van der Waals surface area contributed by atoms with Gasteiger partial charge in [0.1, 0.15) is 5.75 Å². The molecule has 1 aliphatic heterocycles. The van der Waals surface area contributed by atoms with Crippen LogP contribution in [0.2, 0.25) is 0 Å². The number of fused-ring (bicyclic) bond motifs is 1. The number of methoxy groups -OCH3 is 1. The van der Waals surface area contributed by atoms with Crippen molar-refractivity contribution < 1.29 is 4.74 Å². The van der Waals surface area contributed by atoms with Crippen LogP contribution in [0.25, 0.3) is 10.8 Å². The van der Waals surface area contributed by atoms with Gasteiger partial charge in [-0.2, -0.15) is 0 Å². The molecule has 1 atom stereocenters. The Kier molecular flexibility index (Phi) is 5.54. The lowest BCUT2D eigenvalue weighted by Gasteiger charge is -2.27. The first-order valence-corrected chi connectivity index (χ1v) is 10.3. The highest BCUT2D eigenvalue weighted by Gasteiger charge is 2.23. The van der Waals surface area contributed by atoms with Crippen LogP contribution in [-0.4, -0.2) is 31.6 Å². The Labute approximate surface area is 159 Å². The topological polar surface area (TPSA) is 24.5 Å². The molecule has 0 aliphatic carbocycles. The second kappa shape index (κ2) is 8.21. The van der Waals surface area contributed by atoms with E-state index in [1.54, 1.807) is 7.11 Å². The third kappa shape index (κ3) is 3.93. The predicted molar refractivity (Wildman–Crippen MR) is 110 cm³/mol. The van der Waals surface area contributed by atoms with Crippen LogP contribution in [0.3, 0.4) is 0 Å². The number of ether oxygens (including phenoxy) is 1. The zero-order chi connectivity index (χ0) is 17.8. The van der Waals surface area contributed by atoms with Crippen molar-refractivity contribution in [2.45, 2.75) is 25.4 Å². The summed E-state index contributed by atoms with van der Waals surface area (Å²) in [5, 5.41) is 8.37. The second-order valence-electron chi connectivity index (χ2n) is 6.95. The van der Waals surface area contributed by atoms with E-state index in [-0.39, 0.29) is 0 Å². The molecule has 4 rings (SSSR count). The van der Waals surface area contributed by atoms with E-state index in [4.69, 9.17) is 4.74 Å². The van der Waals surface area contributed by atoms with Gasteiger partial charge in [0.2, 0.25) is 0 Å². The highest BCUT2D eigenvalue weighted by atomic mass is 32.1. The Balaban J connectivity index is 1.41. The zero-order valence-electron chi connectivity index (χ0n) is 15.3. The molecule has 0 spiro atoms. The summed E-state index contributed by atoms with van der Waals surface area (Å²) in [6.45, 7) is 4.35. The van der Waals surface area contributed by atoms with E-state index in [1.165, 1.54) is 47.1 Å². The predicted octanol–water partition coefficient (Wildman–Crippen LogP) is 4.84. The van der Waals surface area contributed by atoms with E-state index in [2.05, 4.69) is 58.1 Å². The first-order chi connectivity index (χ1) is 12.8. The van der Waals surface area contributed by atoms with Gasteiger partial charge in [-0.05, 0) is 71.9 Å². The van der Waals surface area contributed by atoms with E-state index in [0.29, 0.717) is 6.04 Å². The summed E-state index contributed by atoms with van der Waals surface area (Å²) in [4.78, 5) is 4.11. The number of likely N-dealkylation sites (tertiary alicyclic amines) is 1. The average Bonchev–Trinajstić information content (AvgIpc) is 3.39. The maximum absolute atomic E-state index is 5.31. The zero-order valence-corrected chi connectivity index (χ0v) is 16.1. The molecule has 136 valence electrons. The summed E-state index contributed by atoms with van der Waals surface area (Å²) in [7, 11) is 1.71. The maximum atomic E-state index is 5.31. The molecule has 1 fully saturated rings. The van der Waals surface area contributed by atoms with Crippen molar-refractivity contribution in [3.05, 3.63) is 64.4 Å². The summed E-state index contributed by atoms with van der Waals surface area (Å²) in [5.41, 5.74) is 1.33. The molecule has 1 unspecified atom stereocenters. The number of nitrogens with zero attached hydrogens (tertiary/aromatic N) is 1. The van der Waals surface area contributed by atoms with E-state index < -0.39 is 0 Å². The largest absolute Gasteiger partial charge is 0.497 e. The third-order valence-electron chi connectivity index (χ3n) is 5.23. The fourth-order valence-electron chi connectivity index (χ4n) is 3.81. The number of benzene rings is 2. The van der Waals surface area contributed by atoms with Crippen LogP contribution < -0.4 is 10.1 Å². The van der Waals surface area contributed by atoms with Crippen molar-refractivity contribution in [1.82, 2.24) is 10.2 Å². The number of hydrogen-bond donors (Lipinski definition) is 1. The highest BCUT2D eigenvalue weighted by molar-refractivity contribution is 7.10. The minimum Gasteiger partial charge on any atom is -0.497 e. The summed E-state index contributed by atoms with van der Waals surface area (Å²) >= 11 is 1.88. The number of hydrogen-bond acceptors (Lipinski definition) is 4. The Morgan fingerprint density at radius 1 is 1.08 bits per heavy atom. The van der Waals surface area contributed by atoms with Gasteiger partial charge in [0.15, 0.2) is 0 Å². The van der Waals surface area contributed by atoms with Crippen molar-refractivity contribution in [2.24, 2.45) is 0 Å². The molecule has 1 aliphatic rings. The summed E-state index contributed by atoms with van der Waals surface area (Å²) in [6.07, 6.45) is 2.66. The van der Waals surface area contributed by atoms with Crippen LogP contribution in [0, 0.1) is 0 Å². The van der Waals surface area contributed by atoms with Gasteiger partial charge in [-0.15, -0.1) is 11.3 Å². The van der Waals surface area contributed by atoms with E-state index in [1.807, 2.05) is 17.4 Å². The van der Waals surface area contributed by atoms with Gasteiger partial charge >= 0.3 is 0 Å². The van der Waals surface area contributed by atoms with Gasteiger partial charge < -0.3 is 10.1 Å². The minimum atomic E-state index is 0.502. The van der Waals surface area contributed by atoms with Crippen LogP contribution >= 0.6 is 11.3 Å². The average molecular weight is 367 g/mol. The highest BCUT2D eigenvalue weighted by Crippen LogP contribution is 2.28. The van der Waals surface area contributed by atoms with Crippen molar-refractivity contribution in [3.8, 4) is 5.75 Å². The fourth-order valence-corrected chi connectivity index (χ4v) is 4.67. The summed E-state index contributed by atoms with van der Waals surface area (Å²) < 4.78 is 5.31. The molecule has 1 N–H and O–H groups in total. The molecule has 3 nitrogen and oxygen atoms in total. The Hall–Kier alpha value is -1.88. The molecule has 1 saturated heterocycles. The maximum Gasteiger partial charge on any atom is 0.119 e. The fraction of sp³-hybridized carbons (Fsp3) is 0.364. The Morgan fingerprint density at radius 3 is 2.65 bits per heavy atom. The molecule has 1 aromatic heterocycles. The molecule has 4 heteroatoms. The Bertz CT molecular complexity index is 840. The van der Waals surface area contributed by atoms with Gasteiger partial charge in [0, 0.05) is 18.0 Å². The standard InChI is InChI=1S/C22H26N2OS/c1-25-20-9-8-18-13-17(6-7-19(18)14-20)15-23-16-21(22-5-4-12-26-22)24-10-2-3-11-24/h4-9,12-14,21,23H,2-3,10-11,15-16H2,1H3. The van der Waals surface area contributed by atoms with Crippen LogP contribution in [0.15, 0.2) is 53.9 Å². The van der Waals surface area contributed by atoms with Gasteiger partial charge in [-0.3, -0.25) is 4.90 Å². The lowest BCUT2D eigenvalue weighted by molar-refractivity contribution is 0.242. The molecule has 0 saturated carbocycles. The second-order valence-corrected chi connectivity index (χ2v) is 7.93. The molecule has 2 heterocycles. The number of rotatable bonds is 7. The molecule has 2 aromatic carbocycles. The molecular weight excluding hydrogens is 340 g/mol. The van der Waals surface area contributed by atoms with Crippen LogP contribution in [0.1, 0.15) is 29.3 Å². The molecule has 3 aromatic rings. The lowest BCUT2D eigenvalue weighted by Crippen LogP contribution is -2.33. The molecule has 0 amide bonds. The van der Waals surface area contributed by atoms with Crippen molar-refractivity contribution in [3.63, 3.8) is 0 Å². The Morgan fingerprint density at radius 2 is 1.88 bits per heavy atom. The number of nitrogens with one attached hydrogen (secondary N) is 1.